The van der Waals surface area contributed by atoms with Gasteiger partial charge in [0.15, 0.2) is 5.78 Å². The molecule has 0 heterocycles. The number of allylic oxidation sites excluding steroid dienone is 1. The maximum atomic E-state index is 12.2. The first-order chi connectivity index (χ1) is 7.62. The van der Waals surface area contributed by atoms with E-state index >= 15 is 0 Å². The van der Waals surface area contributed by atoms with E-state index in [-0.39, 0.29) is 5.78 Å². The lowest BCUT2D eigenvalue weighted by Gasteiger charge is -2.25. The van der Waals surface area contributed by atoms with Gasteiger partial charge in [-0.2, -0.15) is 0 Å². The number of ketones is 1. The quantitative estimate of drug-likeness (QED) is 0.730. The molecule has 0 fully saturated rings. The summed E-state index contributed by atoms with van der Waals surface area (Å²) in [5, 5.41) is 0. The van der Waals surface area contributed by atoms with Gasteiger partial charge >= 0.3 is 0 Å². The van der Waals surface area contributed by atoms with Crippen molar-refractivity contribution < 1.29 is 4.79 Å². The van der Waals surface area contributed by atoms with E-state index in [0.717, 1.165) is 0 Å². The van der Waals surface area contributed by atoms with Crippen molar-refractivity contribution in [2.24, 2.45) is 11.5 Å². The molecule has 2 rings (SSSR count). The van der Waals surface area contributed by atoms with Gasteiger partial charge in [-0.3, -0.25) is 4.79 Å². The molecule has 4 N–H and O–H groups in total. The molecule has 1 aliphatic carbocycles. The predicted octanol–water partition coefficient (Wildman–Crippen LogP) is 1.37. The van der Waals surface area contributed by atoms with Crippen LogP contribution in [0, 0.1) is 0 Å². The minimum atomic E-state index is -0.954. The normalized spacial score (nSPS) is 23.9. The summed E-state index contributed by atoms with van der Waals surface area (Å²) in [6.45, 7) is 0. The molecular formula is C13H14N2O. The van der Waals surface area contributed by atoms with E-state index in [0.29, 0.717) is 17.7 Å². The van der Waals surface area contributed by atoms with E-state index in [2.05, 4.69) is 0 Å². The number of hydrogen-bond acceptors (Lipinski definition) is 3. The molecule has 3 nitrogen and oxygen atoms in total. The third kappa shape index (κ3) is 1.90. The van der Waals surface area contributed by atoms with Crippen LogP contribution in [0.5, 0.6) is 0 Å². The Labute approximate surface area is 94.4 Å². The van der Waals surface area contributed by atoms with E-state index in [1.165, 1.54) is 0 Å². The summed E-state index contributed by atoms with van der Waals surface area (Å²) in [6, 6.07) is 9.06. The second-order valence-corrected chi connectivity index (χ2v) is 3.98. The van der Waals surface area contributed by atoms with Crippen LogP contribution in [0.2, 0.25) is 0 Å². The highest BCUT2D eigenvalue weighted by Crippen LogP contribution is 2.21. The Kier molecular flexibility index (Phi) is 2.62. The first-order valence-corrected chi connectivity index (χ1v) is 5.15. The van der Waals surface area contributed by atoms with Crippen LogP contribution in [0.1, 0.15) is 16.8 Å². The van der Waals surface area contributed by atoms with E-state index in [9.17, 15) is 4.79 Å². The van der Waals surface area contributed by atoms with Crippen molar-refractivity contribution >= 4 is 5.78 Å². The lowest BCUT2D eigenvalue weighted by molar-refractivity contribution is 0.0921. The van der Waals surface area contributed by atoms with Crippen molar-refractivity contribution in [2.75, 3.05) is 0 Å². The van der Waals surface area contributed by atoms with Gasteiger partial charge in [0.2, 0.25) is 0 Å². The van der Waals surface area contributed by atoms with Crippen LogP contribution < -0.4 is 11.5 Å². The van der Waals surface area contributed by atoms with Crippen molar-refractivity contribution in [1.82, 2.24) is 0 Å². The zero-order valence-corrected chi connectivity index (χ0v) is 8.89. The van der Waals surface area contributed by atoms with Gasteiger partial charge < -0.3 is 11.5 Å². The minimum Gasteiger partial charge on any atom is -0.399 e. The first kappa shape index (κ1) is 10.6. The monoisotopic (exact) mass is 214 g/mol. The molecule has 0 amide bonds. The van der Waals surface area contributed by atoms with Gasteiger partial charge in [-0.1, -0.05) is 42.5 Å². The molecule has 0 aromatic heterocycles. The fourth-order valence-corrected chi connectivity index (χ4v) is 1.69. The van der Waals surface area contributed by atoms with Crippen molar-refractivity contribution in [1.29, 1.82) is 0 Å². The minimum absolute atomic E-state index is 0.0758. The number of carbonyl (C=O) groups excluding carboxylic acids is 1. The molecule has 1 aromatic rings. The Morgan fingerprint density at radius 3 is 2.50 bits per heavy atom. The van der Waals surface area contributed by atoms with Crippen LogP contribution in [0.15, 0.2) is 54.3 Å². The van der Waals surface area contributed by atoms with E-state index < -0.39 is 5.54 Å². The second kappa shape index (κ2) is 3.94. The number of Topliss-reactive ketones (excluding diaryl/α,β-unsaturated/α-hetero) is 1. The number of hydrogen-bond donors (Lipinski definition) is 2. The van der Waals surface area contributed by atoms with Crippen LogP contribution in [0.3, 0.4) is 0 Å². The average Bonchev–Trinajstić information content (AvgIpc) is 2.33. The Hall–Kier alpha value is -1.87. The topological polar surface area (TPSA) is 69.1 Å². The predicted molar refractivity (Wildman–Crippen MR) is 63.7 cm³/mol. The second-order valence-electron chi connectivity index (χ2n) is 3.98. The van der Waals surface area contributed by atoms with Gasteiger partial charge in [-0.25, -0.2) is 0 Å². The molecule has 1 aromatic carbocycles. The van der Waals surface area contributed by atoms with Crippen molar-refractivity contribution in [3.8, 4) is 0 Å². The molecular weight excluding hydrogens is 200 g/mol. The van der Waals surface area contributed by atoms with Crippen LogP contribution >= 0.6 is 0 Å². The summed E-state index contributed by atoms with van der Waals surface area (Å²) in [5.74, 6) is -0.0758. The zero-order chi connectivity index (χ0) is 11.6. The number of benzene rings is 1. The Bertz CT molecular complexity index is 462. The van der Waals surface area contributed by atoms with Gasteiger partial charge in [0.05, 0.1) is 0 Å². The molecule has 0 bridgehead atoms. The first-order valence-electron chi connectivity index (χ1n) is 5.15. The van der Waals surface area contributed by atoms with Crippen molar-refractivity contribution in [3.05, 3.63) is 59.8 Å². The molecule has 82 valence electrons. The van der Waals surface area contributed by atoms with E-state index in [4.69, 9.17) is 11.5 Å². The summed E-state index contributed by atoms with van der Waals surface area (Å²) in [7, 11) is 0. The van der Waals surface area contributed by atoms with Crippen molar-refractivity contribution in [2.45, 2.75) is 12.0 Å². The smallest absolute Gasteiger partial charge is 0.186 e. The third-order valence-corrected chi connectivity index (χ3v) is 2.71. The Balaban J connectivity index is 2.27. The van der Waals surface area contributed by atoms with Crippen LogP contribution in [-0.2, 0) is 0 Å². The fourth-order valence-electron chi connectivity index (χ4n) is 1.69. The van der Waals surface area contributed by atoms with Crippen LogP contribution in [0.25, 0.3) is 0 Å². The van der Waals surface area contributed by atoms with Gasteiger partial charge in [-0.05, 0) is 12.5 Å². The van der Waals surface area contributed by atoms with Gasteiger partial charge in [0.1, 0.15) is 5.54 Å². The highest BCUT2D eigenvalue weighted by atomic mass is 16.1. The Morgan fingerprint density at radius 1 is 1.25 bits per heavy atom. The maximum absolute atomic E-state index is 12.2. The molecule has 16 heavy (non-hydrogen) atoms. The highest BCUT2D eigenvalue weighted by molar-refractivity contribution is 6.04. The van der Waals surface area contributed by atoms with Gasteiger partial charge in [-0.15, -0.1) is 0 Å². The van der Waals surface area contributed by atoms with Crippen LogP contribution in [-0.4, -0.2) is 11.3 Å². The SMILES string of the molecule is NC1=CCC(N)(C(=O)c2ccccc2)C=C1. The fraction of sp³-hybridized carbons (Fsp3) is 0.154. The third-order valence-electron chi connectivity index (χ3n) is 2.71. The average molecular weight is 214 g/mol. The molecule has 0 saturated heterocycles. The zero-order valence-electron chi connectivity index (χ0n) is 8.89. The standard InChI is InChI=1S/C13H14N2O/c14-11-6-8-13(15,9-7-11)12(16)10-4-2-1-3-5-10/h1-8H,9,14-15H2. The van der Waals surface area contributed by atoms with Crippen LogP contribution in [0.4, 0.5) is 0 Å². The lowest BCUT2D eigenvalue weighted by Crippen LogP contribution is -2.46. The molecule has 1 unspecified atom stereocenters. The molecule has 1 atom stereocenters. The maximum Gasteiger partial charge on any atom is 0.186 e. The van der Waals surface area contributed by atoms with Gasteiger partial charge in [0, 0.05) is 11.3 Å². The summed E-state index contributed by atoms with van der Waals surface area (Å²) in [4.78, 5) is 12.2. The molecule has 0 aliphatic heterocycles. The number of nitrogens with two attached hydrogens (primary N) is 2. The lowest BCUT2D eigenvalue weighted by atomic mass is 9.84. The molecule has 1 aliphatic rings. The highest BCUT2D eigenvalue weighted by Gasteiger charge is 2.32. The summed E-state index contributed by atoms with van der Waals surface area (Å²) >= 11 is 0. The molecule has 0 radical (unpaired) electrons. The summed E-state index contributed by atoms with van der Waals surface area (Å²) in [6.07, 6.45) is 5.59. The number of rotatable bonds is 2. The van der Waals surface area contributed by atoms with Crippen molar-refractivity contribution in [3.63, 3.8) is 0 Å². The largest absolute Gasteiger partial charge is 0.399 e. The van der Waals surface area contributed by atoms with E-state index in [1.807, 2.05) is 18.2 Å². The summed E-state index contributed by atoms with van der Waals surface area (Å²) in [5.41, 5.74) is 12.0. The number of carbonyl (C=O) groups is 1. The van der Waals surface area contributed by atoms with Gasteiger partial charge in [0.25, 0.3) is 0 Å². The van der Waals surface area contributed by atoms with E-state index in [1.54, 1.807) is 30.4 Å². The molecule has 0 saturated carbocycles. The summed E-state index contributed by atoms with van der Waals surface area (Å²) < 4.78 is 0. The molecule has 0 spiro atoms. The Morgan fingerprint density at radius 2 is 1.94 bits per heavy atom. The molecule has 3 heteroatoms.